The van der Waals surface area contributed by atoms with Crippen LogP contribution in [0.25, 0.3) is 0 Å². The van der Waals surface area contributed by atoms with Crippen molar-refractivity contribution in [3.8, 4) is 0 Å². The topological polar surface area (TPSA) is 38.3 Å². The molecular formula is C12H25NO2. The fourth-order valence-corrected chi connectivity index (χ4v) is 1.20. The van der Waals surface area contributed by atoms with E-state index in [0.717, 1.165) is 13.0 Å². The minimum atomic E-state index is -0.104. The summed E-state index contributed by atoms with van der Waals surface area (Å²) >= 11 is 0. The monoisotopic (exact) mass is 215 g/mol. The molecule has 0 aromatic rings. The fraction of sp³-hybridized carbons (Fsp3) is 0.917. The quantitative estimate of drug-likeness (QED) is 0.691. The highest BCUT2D eigenvalue weighted by atomic mass is 16.5. The summed E-state index contributed by atoms with van der Waals surface area (Å²) < 4.78 is 5.16. The molecule has 0 spiro atoms. The van der Waals surface area contributed by atoms with E-state index in [2.05, 4.69) is 26.1 Å². The highest BCUT2D eigenvalue weighted by Gasteiger charge is 2.13. The number of rotatable bonds is 6. The fourth-order valence-electron chi connectivity index (χ4n) is 1.20. The molecule has 0 saturated heterocycles. The Bertz CT molecular complexity index is 185. The van der Waals surface area contributed by atoms with Crippen LogP contribution in [-0.4, -0.2) is 25.2 Å². The van der Waals surface area contributed by atoms with Gasteiger partial charge in [-0.25, -0.2) is 0 Å². The molecule has 0 rings (SSSR count). The molecule has 3 heteroatoms. The molecule has 0 radical (unpaired) electrons. The van der Waals surface area contributed by atoms with Crippen molar-refractivity contribution in [1.82, 2.24) is 5.32 Å². The van der Waals surface area contributed by atoms with Crippen molar-refractivity contribution in [1.29, 1.82) is 0 Å². The second kappa shape index (κ2) is 6.83. The molecule has 0 aromatic carbocycles. The van der Waals surface area contributed by atoms with E-state index in [9.17, 15) is 4.79 Å². The van der Waals surface area contributed by atoms with E-state index >= 15 is 0 Å². The maximum atomic E-state index is 11.4. The Kier molecular flexibility index (Phi) is 6.57. The third-order valence-electron chi connectivity index (χ3n) is 2.14. The van der Waals surface area contributed by atoms with Gasteiger partial charge in [-0.15, -0.1) is 0 Å². The molecule has 1 unspecified atom stereocenters. The average molecular weight is 215 g/mol. The van der Waals surface area contributed by atoms with Crippen LogP contribution in [0.1, 0.15) is 47.5 Å². The van der Waals surface area contributed by atoms with Crippen LogP contribution in [0, 0.1) is 5.41 Å². The van der Waals surface area contributed by atoms with Crippen LogP contribution in [0.3, 0.4) is 0 Å². The Hall–Kier alpha value is -0.570. The Morgan fingerprint density at radius 1 is 1.40 bits per heavy atom. The van der Waals surface area contributed by atoms with Gasteiger partial charge in [0.2, 0.25) is 0 Å². The van der Waals surface area contributed by atoms with Crippen molar-refractivity contribution < 1.29 is 9.53 Å². The van der Waals surface area contributed by atoms with Crippen LogP contribution in [0.2, 0.25) is 0 Å². The SMILES string of the molecule is CCNC(C)CC(=O)OCCC(C)(C)C. The summed E-state index contributed by atoms with van der Waals surface area (Å²) in [5.74, 6) is -0.104. The maximum absolute atomic E-state index is 11.4. The molecule has 0 fully saturated rings. The number of carbonyl (C=O) groups excluding carboxylic acids is 1. The number of ether oxygens (including phenoxy) is 1. The molecule has 15 heavy (non-hydrogen) atoms. The van der Waals surface area contributed by atoms with E-state index in [0.29, 0.717) is 13.0 Å². The molecule has 3 nitrogen and oxygen atoms in total. The maximum Gasteiger partial charge on any atom is 0.307 e. The van der Waals surface area contributed by atoms with Crippen molar-refractivity contribution in [2.75, 3.05) is 13.2 Å². The Labute approximate surface area is 93.6 Å². The van der Waals surface area contributed by atoms with Crippen molar-refractivity contribution in [3.05, 3.63) is 0 Å². The molecule has 0 aliphatic carbocycles. The normalized spacial score (nSPS) is 13.7. The lowest BCUT2D eigenvalue weighted by molar-refractivity contribution is -0.144. The first-order valence-electron chi connectivity index (χ1n) is 5.74. The number of hydrogen-bond acceptors (Lipinski definition) is 3. The van der Waals surface area contributed by atoms with E-state index in [4.69, 9.17) is 4.74 Å². The van der Waals surface area contributed by atoms with Gasteiger partial charge in [-0.05, 0) is 25.3 Å². The average Bonchev–Trinajstić information content (AvgIpc) is 2.01. The molecule has 1 N–H and O–H groups in total. The van der Waals surface area contributed by atoms with E-state index in [1.807, 2.05) is 13.8 Å². The molecule has 0 bridgehead atoms. The third-order valence-corrected chi connectivity index (χ3v) is 2.14. The van der Waals surface area contributed by atoms with Crippen LogP contribution in [0.4, 0.5) is 0 Å². The minimum Gasteiger partial charge on any atom is -0.466 e. The highest BCUT2D eigenvalue weighted by Crippen LogP contribution is 2.18. The summed E-state index contributed by atoms with van der Waals surface area (Å²) in [6.45, 7) is 11.9. The van der Waals surface area contributed by atoms with Gasteiger partial charge in [0.15, 0.2) is 0 Å². The van der Waals surface area contributed by atoms with Gasteiger partial charge in [0.1, 0.15) is 0 Å². The van der Waals surface area contributed by atoms with Crippen molar-refractivity contribution >= 4 is 5.97 Å². The molecule has 1 atom stereocenters. The standard InChI is InChI=1S/C12H25NO2/c1-6-13-10(2)9-11(14)15-8-7-12(3,4)5/h10,13H,6-9H2,1-5H3. The summed E-state index contributed by atoms with van der Waals surface area (Å²) in [6, 6.07) is 0.206. The largest absolute Gasteiger partial charge is 0.466 e. The lowest BCUT2D eigenvalue weighted by Crippen LogP contribution is -2.29. The van der Waals surface area contributed by atoms with Crippen LogP contribution < -0.4 is 5.32 Å². The molecule has 90 valence electrons. The van der Waals surface area contributed by atoms with Gasteiger partial charge >= 0.3 is 5.97 Å². The van der Waals surface area contributed by atoms with Crippen LogP contribution >= 0.6 is 0 Å². The zero-order valence-electron chi connectivity index (χ0n) is 10.7. The van der Waals surface area contributed by atoms with E-state index in [-0.39, 0.29) is 17.4 Å². The Morgan fingerprint density at radius 3 is 2.47 bits per heavy atom. The Balaban J connectivity index is 3.58. The van der Waals surface area contributed by atoms with E-state index in [1.54, 1.807) is 0 Å². The van der Waals surface area contributed by atoms with E-state index in [1.165, 1.54) is 0 Å². The molecule has 0 saturated carbocycles. The predicted octanol–water partition coefficient (Wildman–Crippen LogP) is 2.35. The van der Waals surface area contributed by atoms with Crippen molar-refractivity contribution in [2.24, 2.45) is 5.41 Å². The van der Waals surface area contributed by atoms with Gasteiger partial charge in [-0.1, -0.05) is 27.7 Å². The smallest absolute Gasteiger partial charge is 0.307 e. The van der Waals surface area contributed by atoms with Gasteiger partial charge < -0.3 is 10.1 Å². The van der Waals surface area contributed by atoms with Crippen LogP contribution in [-0.2, 0) is 9.53 Å². The minimum absolute atomic E-state index is 0.104. The summed E-state index contributed by atoms with van der Waals surface area (Å²) in [6.07, 6.45) is 1.37. The van der Waals surface area contributed by atoms with Gasteiger partial charge in [-0.3, -0.25) is 4.79 Å². The molecular weight excluding hydrogens is 190 g/mol. The summed E-state index contributed by atoms with van der Waals surface area (Å²) in [5, 5.41) is 3.18. The lowest BCUT2D eigenvalue weighted by Gasteiger charge is -2.18. The van der Waals surface area contributed by atoms with Crippen LogP contribution in [0.5, 0.6) is 0 Å². The van der Waals surface area contributed by atoms with Gasteiger partial charge in [-0.2, -0.15) is 0 Å². The second-order valence-corrected chi connectivity index (χ2v) is 5.19. The first-order chi connectivity index (χ1) is 6.85. The van der Waals surface area contributed by atoms with Gasteiger partial charge in [0.05, 0.1) is 13.0 Å². The molecule has 0 amide bonds. The first kappa shape index (κ1) is 14.4. The second-order valence-electron chi connectivity index (χ2n) is 5.19. The predicted molar refractivity (Wildman–Crippen MR) is 62.8 cm³/mol. The van der Waals surface area contributed by atoms with Gasteiger partial charge in [0, 0.05) is 6.04 Å². The van der Waals surface area contributed by atoms with E-state index < -0.39 is 0 Å². The number of carbonyl (C=O) groups is 1. The zero-order chi connectivity index (χ0) is 11.9. The first-order valence-corrected chi connectivity index (χ1v) is 5.74. The van der Waals surface area contributed by atoms with Crippen molar-refractivity contribution in [3.63, 3.8) is 0 Å². The third kappa shape index (κ3) is 9.73. The molecule has 0 aliphatic rings. The number of esters is 1. The lowest BCUT2D eigenvalue weighted by atomic mass is 9.93. The molecule has 0 heterocycles. The zero-order valence-corrected chi connectivity index (χ0v) is 10.7. The number of nitrogens with one attached hydrogen (secondary N) is 1. The van der Waals surface area contributed by atoms with Crippen LogP contribution in [0.15, 0.2) is 0 Å². The number of hydrogen-bond donors (Lipinski definition) is 1. The molecule has 0 aromatic heterocycles. The van der Waals surface area contributed by atoms with Gasteiger partial charge in [0.25, 0.3) is 0 Å². The summed E-state index contributed by atoms with van der Waals surface area (Å²) in [4.78, 5) is 11.4. The summed E-state index contributed by atoms with van der Waals surface area (Å²) in [7, 11) is 0. The highest BCUT2D eigenvalue weighted by molar-refractivity contribution is 5.70. The molecule has 0 aliphatic heterocycles. The summed E-state index contributed by atoms with van der Waals surface area (Å²) in [5.41, 5.74) is 0.230. The Morgan fingerprint density at radius 2 is 2.00 bits per heavy atom. The van der Waals surface area contributed by atoms with Crippen molar-refractivity contribution in [2.45, 2.75) is 53.5 Å².